The van der Waals surface area contributed by atoms with Crippen LogP contribution in [0.25, 0.3) is 0 Å². The molecule has 0 aromatic heterocycles. The summed E-state index contributed by atoms with van der Waals surface area (Å²) in [6.45, 7) is 0.484. The van der Waals surface area contributed by atoms with Gasteiger partial charge in [-0.05, 0) is 24.1 Å². The second-order valence-corrected chi connectivity index (χ2v) is 4.81. The smallest absolute Gasteiger partial charge is 0.335 e. The molecule has 0 heterocycles. The summed E-state index contributed by atoms with van der Waals surface area (Å²) in [4.78, 5) is 32.8. The van der Waals surface area contributed by atoms with E-state index >= 15 is 0 Å². The van der Waals surface area contributed by atoms with E-state index in [1.165, 1.54) is 18.3 Å². The van der Waals surface area contributed by atoms with E-state index in [-0.39, 0.29) is 30.5 Å². The molecule has 8 heteroatoms. The van der Waals surface area contributed by atoms with Crippen LogP contribution in [0.2, 0.25) is 0 Å². The molecule has 1 rings (SSSR count). The second kappa shape index (κ2) is 9.63. The summed E-state index contributed by atoms with van der Waals surface area (Å²) in [7, 11) is 0. The Labute approximate surface area is 138 Å². The third-order valence-corrected chi connectivity index (χ3v) is 2.97. The molecule has 0 unspecified atom stereocenters. The van der Waals surface area contributed by atoms with Crippen LogP contribution in [0.3, 0.4) is 0 Å². The largest absolute Gasteiger partial charge is 0.481 e. The Bertz CT molecular complexity index is 674. The Morgan fingerprint density at radius 1 is 1.17 bits per heavy atom. The number of carboxylic acids is 2. The number of aliphatic carboxylic acids is 1. The summed E-state index contributed by atoms with van der Waals surface area (Å²) in [6, 6.07) is 7.93. The second-order valence-electron chi connectivity index (χ2n) is 4.81. The first-order chi connectivity index (χ1) is 11.4. The van der Waals surface area contributed by atoms with Crippen molar-refractivity contribution in [3.05, 3.63) is 47.2 Å². The third-order valence-electron chi connectivity index (χ3n) is 2.97. The zero-order chi connectivity index (χ0) is 17.9. The molecule has 0 saturated carbocycles. The standard InChI is InChI=1S/C16H17N3O5/c17-8-13(15(22)19-7-1-2-14(20)21)10-18-9-11-3-5-12(6-4-11)16(23)24/h3-6,10,18H,1-2,7,9H2,(H,19,22)(H,20,21)(H,23,24)/b13-10-. The van der Waals surface area contributed by atoms with Crippen LogP contribution >= 0.6 is 0 Å². The maximum absolute atomic E-state index is 11.7. The Morgan fingerprint density at radius 2 is 1.83 bits per heavy atom. The van der Waals surface area contributed by atoms with Crippen LogP contribution in [0.4, 0.5) is 0 Å². The highest BCUT2D eigenvalue weighted by atomic mass is 16.4. The number of aromatic carboxylic acids is 1. The quantitative estimate of drug-likeness (QED) is 0.299. The van der Waals surface area contributed by atoms with E-state index in [9.17, 15) is 14.4 Å². The van der Waals surface area contributed by atoms with E-state index in [0.29, 0.717) is 6.54 Å². The van der Waals surface area contributed by atoms with Gasteiger partial charge >= 0.3 is 11.9 Å². The number of carbonyl (C=O) groups excluding carboxylic acids is 1. The van der Waals surface area contributed by atoms with Gasteiger partial charge in [-0.25, -0.2) is 4.79 Å². The van der Waals surface area contributed by atoms with Crippen LogP contribution in [0.5, 0.6) is 0 Å². The number of carboxylic acid groups (broad SMARTS) is 2. The minimum Gasteiger partial charge on any atom is -0.481 e. The van der Waals surface area contributed by atoms with Crippen molar-refractivity contribution in [2.24, 2.45) is 0 Å². The fourth-order valence-corrected chi connectivity index (χ4v) is 1.72. The van der Waals surface area contributed by atoms with Gasteiger partial charge in [0.15, 0.2) is 0 Å². The highest BCUT2D eigenvalue weighted by Gasteiger charge is 2.08. The molecular weight excluding hydrogens is 314 g/mol. The molecule has 0 saturated heterocycles. The van der Waals surface area contributed by atoms with Gasteiger partial charge in [0.1, 0.15) is 11.6 Å². The van der Waals surface area contributed by atoms with E-state index in [4.69, 9.17) is 15.5 Å². The van der Waals surface area contributed by atoms with Gasteiger partial charge in [0.2, 0.25) is 0 Å². The summed E-state index contributed by atoms with van der Waals surface area (Å²) in [5.74, 6) is -2.55. The van der Waals surface area contributed by atoms with E-state index < -0.39 is 17.8 Å². The molecule has 1 aromatic rings. The maximum Gasteiger partial charge on any atom is 0.335 e. The molecule has 1 amide bonds. The van der Waals surface area contributed by atoms with Crippen LogP contribution in [0.1, 0.15) is 28.8 Å². The van der Waals surface area contributed by atoms with Gasteiger partial charge in [-0.3, -0.25) is 9.59 Å². The van der Waals surface area contributed by atoms with Crippen molar-refractivity contribution in [2.75, 3.05) is 6.54 Å². The van der Waals surface area contributed by atoms with Crippen molar-refractivity contribution >= 4 is 17.8 Å². The molecule has 0 atom stereocenters. The first-order valence-corrected chi connectivity index (χ1v) is 7.10. The lowest BCUT2D eigenvalue weighted by Crippen LogP contribution is -2.27. The molecule has 0 bridgehead atoms. The zero-order valence-electron chi connectivity index (χ0n) is 12.8. The third kappa shape index (κ3) is 6.62. The first kappa shape index (κ1) is 18.7. The molecule has 1 aromatic carbocycles. The maximum atomic E-state index is 11.7. The van der Waals surface area contributed by atoms with Gasteiger partial charge in [0.25, 0.3) is 5.91 Å². The highest BCUT2D eigenvalue weighted by Crippen LogP contribution is 2.04. The number of amides is 1. The molecule has 8 nitrogen and oxygen atoms in total. The molecule has 0 aliphatic rings. The Morgan fingerprint density at radius 3 is 2.38 bits per heavy atom. The number of benzene rings is 1. The minimum absolute atomic E-state index is 0.0591. The van der Waals surface area contributed by atoms with Crippen molar-refractivity contribution in [3.8, 4) is 6.07 Å². The number of nitrogens with zero attached hydrogens (tertiary/aromatic N) is 1. The molecule has 0 aliphatic carbocycles. The predicted octanol–water partition coefficient (Wildman–Crippen LogP) is 0.863. The van der Waals surface area contributed by atoms with E-state index in [0.717, 1.165) is 5.56 Å². The van der Waals surface area contributed by atoms with E-state index in [1.807, 2.05) is 0 Å². The first-order valence-electron chi connectivity index (χ1n) is 7.10. The van der Waals surface area contributed by atoms with E-state index in [1.54, 1.807) is 18.2 Å². The summed E-state index contributed by atoms with van der Waals surface area (Å²) >= 11 is 0. The lowest BCUT2D eigenvalue weighted by molar-refractivity contribution is -0.137. The number of nitrogens with one attached hydrogen (secondary N) is 2. The Balaban J connectivity index is 2.47. The fraction of sp³-hybridized carbons (Fsp3) is 0.250. The molecule has 0 radical (unpaired) electrons. The molecule has 0 aliphatic heterocycles. The van der Waals surface area contributed by atoms with Crippen molar-refractivity contribution in [3.63, 3.8) is 0 Å². The summed E-state index contributed by atoms with van der Waals surface area (Å²) in [6.07, 6.45) is 1.48. The van der Waals surface area contributed by atoms with Gasteiger partial charge < -0.3 is 20.8 Å². The highest BCUT2D eigenvalue weighted by molar-refractivity contribution is 5.97. The lowest BCUT2D eigenvalue weighted by Gasteiger charge is -2.05. The summed E-state index contributed by atoms with van der Waals surface area (Å²) in [5.41, 5.74) is 0.829. The van der Waals surface area contributed by atoms with Crippen molar-refractivity contribution in [1.29, 1.82) is 5.26 Å². The van der Waals surface area contributed by atoms with Gasteiger partial charge in [-0.1, -0.05) is 12.1 Å². The van der Waals surface area contributed by atoms with Gasteiger partial charge in [0, 0.05) is 25.7 Å². The number of carbonyl (C=O) groups is 3. The van der Waals surface area contributed by atoms with E-state index in [2.05, 4.69) is 10.6 Å². The molecular formula is C16H17N3O5. The molecule has 4 N–H and O–H groups in total. The van der Waals surface area contributed by atoms with Crippen LogP contribution < -0.4 is 10.6 Å². The minimum atomic E-state index is -1.01. The van der Waals surface area contributed by atoms with Crippen LogP contribution in [0.15, 0.2) is 36.0 Å². The van der Waals surface area contributed by atoms with Crippen LogP contribution in [-0.2, 0) is 16.1 Å². The average Bonchev–Trinajstić information content (AvgIpc) is 2.55. The molecule has 24 heavy (non-hydrogen) atoms. The summed E-state index contributed by atoms with van der Waals surface area (Å²) < 4.78 is 0. The van der Waals surface area contributed by atoms with Crippen molar-refractivity contribution < 1.29 is 24.6 Å². The lowest BCUT2D eigenvalue weighted by atomic mass is 10.1. The van der Waals surface area contributed by atoms with Gasteiger partial charge in [-0.15, -0.1) is 0 Å². The topological polar surface area (TPSA) is 140 Å². The fourth-order valence-electron chi connectivity index (χ4n) is 1.72. The van der Waals surface area contributed by atoms with Gasteiger partial charge in [0.05, 0.1) is 5.56 Å². The Kier molecular flexibility index (Phi) is 7.51. The van der Waals surface area contributed by atoms with Gasteiger partial charge in [-0.2, -0.15) is 5.26 Å². The SMILES string of the molecule is N#C/C(=C/NCc1ccc(C(=O)O)cc1)C(=O)NCCCC(=O)O. The van der Waals surface area contributed by atoms with Crippen molar-refractivity contribution in [1.82, 2.24) is 10.6 Å². The summed E-state index contributed by atoms with van der Waals surface area (Å²) in [5, 5.41) is 31.5. The predicted molar refractivity (Wildman–Crippen MR) is 83.8 cm³/mol. The average molecular weight is 331 g/mol. The zero-order valence-corrected chi connectivity index (χ0v) is 12.8. The normalized spacial score (nSPS) is 10.5. The number of hydrogen-bond donors (Lipinski definition) is 4. The van der Waals surface area contributed by atoms with Crippen molar-refractivity contribution in [2.45, 2.75) is 19.4 Å². The number of rotatable bonds is 9. The monoisotopic (exact) mass is 331 g/mol. The van der Waals surface area contributed by atoms with Crippen LogP contribution in [-0.4, -0.2) is 34.6 Å². The molecule has 0 fully saturated rings. The van der Waals surface area contributed by atoms with Crippen LogP contribution in [0, 0.1) is 11.3 Å². The number of hydrogen-bond acceptors (Lipinski definition) is 5. The molecule has 126 valence electrons. The number of nitriles is 1. The Hall–Kier alpha value is -3.34. The molecule has 0 spiro atoms.